The van der Waals surface area contributed by atoms with Gasteiger partial charge in [-0.1, -0.05) is 0 Å². The van der Waals surface area contributed by atoms with Gasteiger partial charge in [0.2, 0.25) is 5.88 Å². The van der Waals surface area contributed by atoms with E-state index in [-0.39, 0.29) is 0 Å². The Balaban J connectivity index is 1.78. The summed E-state index contributed by atoms with van der Waals surface area (Å²) in [5, 5.41) is 4.31. The molecule has 84 valence electrons. The van der Waals surface area contributed by atoms with E-state index in [2.05, 4.69) is 26.0 Å². The van der Waals surface area contributed by atoms with Gasteiger partial charge >= 0.3 is 0 Å². The third-order valence-corrected chi connectivity index (χ3v) is 3.01. The highest BCUT2D eigenvalue weighted by molar-refractivity contribution is 9.10. The number of hydrogen-bond donors (Lipinski definition) is 0. The maximum absolute atomic E-state index is 5.58. The Morgan fingerprint density at radius 1 is 1.50 bits per heavy atom. The van der Waals surface area contributed by atoms with Crippen molar-refractivity contribution >= 4 is 21.6 Å². The van der Waals surface area contributed by atoms with Gasteiger partial charge in [0.1, 0.15) is 4.60 Å². The fourth-order valence-corrected chi connectivity index (χ4v) is 1.85. The molecule has 0 unspecified atom stereocenters. The van der Waals surface area contributed by atoms with Crippen LogP contribution in [0, 0.1) is 5.92 Å². The van der Waals surface area contributed by atoms with E-state index in [0.29, 0.717) is 18.4 Å². The topological polar surface area (TPSA) is 48.7 Å². The van der Waals surface area contributed by atoms with E-state index in [1.54, 1.807) is 10.7 Å². The first-order valence-corrected chi connectivity index (χ1v) is 5.83. The van der Waals surface area contributed by atoms with Crippen LogP contribution in [0.5, 0.6) is 5.88 Å². The molecule has 5 nitrogen and oxygen atoms in total. The van der Waals surface area contributed by atoms with Gasteiger partial charge in [0.15, 0.2) is 5.65 Å². The Labute approximate surface area is 101 Å². The molecule has 6 heteroatoms. The number of fused-ring (bicyclic) bond motifs is 1. The maximum Gasteiger partial charge on any atom is 0.231 e. The van der Waals surface area contributed by atoms with E-state index < -0.39 is 0 Å². The molecule has 2 aromatic heterocycles. The van der Waals surface area contributed by atoms with E-state index in [9.17, 15) is 0 Å². The van der Waals surface area contributed by atoms with Crippen LogP contribution in [-0.2, 0) is 4.74 Å². The van der Waals surface area contributed by atoms with E-state index >= 15 is 0 Å². The Morgan fingerprint density at radius 3 is 3.12 bits per heavy atom. The zero-order valence-electron chi connectivity index (χ0n) is 8.47. The van der Waals surface area contributed by atoms with Crippen molar-refractivity contribution in [1.29, 1.82) is 0 Å². The highest BCUT2D eigenvalue weighted by atomic mass is 79.9. The summed E-state index contributed by atoms with van der Waals surface area (Å²) >= 11 is 3.37. The molecular formula is C10H10BrN3O2. The first-order chi connectivity index (χ1) is 7.83. The van der Waals surface area contributed by atoms with Gasteiger partial charge in [0.25, 0.3) is 0 Å². The van der Waals surface area contributed by atoms with Gasteiger partial charge in [-0.3, -0.25) is 0 Å². The van der Waals surface area contributed by atoms with E-state index in [1.165, 1.54) is 0 Å². The minimum absolute atomic E-state index is 0.503. The van der Waals surface area contributed by atoms with Crippen molar-refractivity contribution < 1.29 is 9.47 Å². The van der Waals surface area contributed by atoms with Crippen LogP contribution in [0.3, 0.4) is 0 Å². The Morgan fingerprint density at radius 2 is 2.38 bits per heavy atom. The second-order valence-corrected chi connectivity index (χ2v) is 4.55. The van der Waals surface area contributed by atoms with Crippen molar-refractivity contribution in [2.45, 2.75) is 0 Å². The third-order valence-electron chi connectivity index (χ3n) is 2.47. The number of hydrogen-bond acceptors (Lipinski definition) is 4. The predicted molar refractivity (Wildman–Crippen MR) is 60.5 cm³/mol. The molecule has 3 rings (SSSR count). The lowest BCUT2D eigenvalue weighted by Crippen LogP contribution is -2.32. The molecule has 0 radical (unpaired) electrons. The third kappa shape index (κ3) is 1.78. The lowest BCUT2D eigenvalue weighted by Gasteiger charge is -2.25. The van der Waals surface area contributed by atoms with Crippen LogP contribution in [0.2, 0.25) is 0 Å². The normalized spacial score (nSPS) is 16.3. The fourth-order valence-electron chi connectivity index (χ4n) is 1.49. The van der Waals surface area contributed by atoms with Gasteiger partial charge in [0.05, 0.1) is 26.0 Å². The van der Waals surface area contributed by atoms with Crippen LogP contribution < -0.4 is 4.74 Å². The largest absolute Gasteiger partial charge is 0.476 e. The Hall–Kier alpha value is -1.14. The quantitative estimate of drug-likeness (QED) is 0.857. The van der Waals surface area contributed by atoms with Crippen molar-refractivity contribution in [3.05, 3.63) is 22.9 Å². The second kappa shape index (κ2) is 4.03. The molecule has 1 saturated heterocycles. The number of halogens is 1. The Kier molecular flexibility index (Phi) is 2.53. The fraction of sp³-hybridized carbons (Fsp3) is 0.400. The summed E-state index contributed by atoms with van der Waals surface area (Å²) < 4.78 is 13.2. The first-order valence-electron chi connectivity index (χ1n) is 5.04. The summed E-state index contributed by atoms with van der Waals surface area (Å²) in [7, 11) is 0. The second-order valence-electron chi connectivity index (χ2n) is 3.74. The van der Waals surface area contributed by atoms with E-state index in [1.807, 2.05) is 12.1 Å². The average molecular weight is 284 g/mol. The van der Waals surface area contributed by atoms with Crippen molar-refractivity contribution in [3.63, 3.8) is 0 Å². The van der Waals surface area contributed by atoms with Crippen molar-refractivity contribution in [2.75, 3.05) is 19.8 Å². The van der Waals surface area contributed by atoms with E-state index in [0.717, 1.165) is 23.5 Å². The molecule has 1 aliphatic rings. The average Bonchev–Trinajstić information content (AvgIpc) is 2.58. The molecule has 1 aliphatic heterocycles. The minimum Gasteiger partial charge on any atom is -0.476 e. The molecule has 0 N–H and O–H groups in total. The standard InChI is InChI=1S/C10H10BrN3O2/c11-8-3-12-9-1-2-10(13-14(8)9)16-6-7-4-15-5-7/h1-3,7H,4-6H2. The molecule has 0 saturated carbocycles. The van der Waals surface area contributed by atoms with Gasteiger partial charge in [0, 0.05) is 12.0 Å². The smallest absolute Gasteiger partial charge is 0.231 e. The maximum atomic E-state index is 5.58. The number of imidazole rings is 1. The predicted octanol–water partition coefficient (Wildman–Crippen LogP) is 1.52. The molecule has 0 atom stereocenters. The lowest BCUT2D eigenvalue weighted by molar-refractivity contribution is -0.0515. The summed E-state index contributed by atoms with van der Waals surface area (Å²) in [4.78, 5) is 4.16. The molecule has 0 bridgehead atoms. The molecule has 1 fully saturated rings. The highest BCUT2D eigenvalue weighted by Gasteiger charge is 2.19. The molecule has 0 aromatic carbocycles. The molecule has 0 aliphatic carbocycles. The van der Waals surface area contributed by atoms with Gasteiger partial charge in [-0.05, 0) is 22.0 Å². The van der Waals surface area contributed by atoms with Gasteiger partial charge in [-0.25, -0.2) is 9.50 Å². The SMILES string of the molecule is Brc1cnc2ccc(OCC3COC3)nn12. The number of ether oxygens (including phenoxy) is 2. The molecule has 3 heterocycles. The monoisotopic (exact) mass is 283 g/mol. The summed E-state index contributed by atoms with van der Waals surface area (Å²) in [6.07, 6.45) is 1.71. The van der Waals surface area contributed by atoms with Crippen LogP contribution in [0.1, 0.15) is 0 Å². The first kappa shape index (κ1) is 10.0. The van der Waals surface area contributed by atoms with Gasteiger partial charge in [-0.2, -0.15) is 0 Å². The van der Waals surface area contributed by atoms with E-state index in [4.69, 9.17) is 9.47 Å². The number of rotatable bonds is 3. The number of aromatic nitrogens is 3. The number of nitrogens with zero attached hydrogens (tertiary/aromatic N) is 3. The summed E-state index contributed by atoms with van der Waals surface area (Å²) in [5.74, 6) is 1.11. The van der Waals surface area contributed by atoms with Crippen LogP contribution in [-0.4, -0.2) is 34.4 Å². The zero-order chi connectivity index (χ0) is 11.0. The van der Waals surface area contributed by atoms with Crippen LogP contribution >= 0.6 is 15.9 Å². The lowest BCUT2D eigenvalue weighted by atomic mass is 10.1. The summed E-state index contributed by atoms with van der Waals surface area (Å²) in [6.45, 7) is 2.23. The Bertz CT molecular complexity index is 510. The highest BCUT2D eigenvalue weighted by Crippen LogP contribution is 2.16. The summed E-state index contributed by atoms with van der Waals surface area (Å²) in [6, 6.07) is 3.71. The molecule has 0 spiro atoms. The van der Waals surface area contributed by atoms with Gasteiger partial charge < -0.3 is 9.47 Å². The molecule has 0 amide bonds. The van der Waals surface area contributed by atoms with Gasteiger partial charge in [-0.15, -0.1) is 5.10 Å². The minimum atomic E-state index is 0.503. The van der Waals surface area contributed by atoms with Crippen molar-refractivity contribution in [2.24, 2.45) is 5.92 Å². The molecule has 16 heavy (non-hydrogen) atoms. The summed E-state index contributed by atoms with van der Waals surface area (Å²) in [5.41, 5.74) is 0.797. The molecule has 2 aromatic rings. The molecular weight excluding hydrogens is 274 g/mol. The van der Waals surface area contributed by atoms with Crippen LogP contribution in [0.15, 0.2) is 22.9 Å². The van der Waals surface area contributed by atoms with Crippen molar-refractivity contribution in [3.8, 4) is 5.88 Å². The van der Waals surface area contributed by atoms with Crippen LogP contribution in [0.25, 0.3) is 5.65 Å². The van der Waals surface area contributed by atoms with Crippen molar-refractivity contribution in [1.82, 2.24) is 14.6 Å². The van der Waals surface area contributed by atoms with Crippen LogP contribution in [0.4, 0.5) is 0 Å². The zero-order valence-corrected chi connectivity index (χ0v) is 10.1.